The van der Waals surface area contributed by atoms with E-state index in [1.807, 2.05) is 0 Å². The van der Waals surface area contributed by atoms with Gasteiger partial charge in [-0.25, -0.2) is 13.4 Å². The maximum absolute atomic E-state index is 12.5. The first-order valence-electron chi connectivity index (χ1n) is 7.04. The van der Waals surface area contributed by atoms with Crippen LogP contribution in [0.3, 0.4) is 0 Å². The zero-order valence-corrected chi connectivity index (χ0v) is 15.7. The van der Waals surface area contributed by atoms with Crippen molar-refractivity contribution in [2.75, 3.05) is 4.72 Å². The van der Waals surface area contributed by atoms with Crippen LogP contribution >= 0.6 is 23.1 Å². The summed E-state index contributed by atoms with van der Waals surface area (Å²) < 4.78 is 31.5. The van der Waals surface area contributed by atoms with Crippen LogP contribution in [-0.2, 0) is 20.2 Å². The second-order valence-electron chi connectivity index (χ2n) is 5.44. The van der Waals surface area contributed by atoms with E-state index in [1.54, 1.807) is 32.9 Å². The molecule has 1 amide bonds. The van der Waals surface area contributed by atoms with Crippen molar-refractivity contribution in [2.24, 2.45) is 5.73 Å². The Hall–Kier alpha value is -1.71. The van der Waals surface area contributed by atoms with Crippen molar-refractivity contribution in [1.29, 1.82) is 0 Å². The second-order valence-corrected chi connectivity index (χ2v) is 8.25. The molecule has 130 valence electrons. The number of nitrogens with one attached hydrogen (secondary N) is 1. The second kappa shape index (κ2) is 6.66. The molecule has 2 aromatic rings. The molecule has 1 atom stereocenters. The summed E-state index contributed by atoms with van der Waals surface area (Å²) in [5, 5.41) is 0.411. The van der Waals surface area contributed by atoms with E-state index in [9.17, 15) is 13.2 Å². The summed E-state index contributed by atoms with van der Waals surface area (Å²) in [5.74, 6) is -0.370. The lowest BCUT2D eigenvalue weighted by Gasteiger charge is -2.19. The van der Waals surface area contributed by atoms with E-state index in [0.717, 1.165) is 11.5 Å². The molecule has 3 N–H and O–H groups in total. The number of carbonyl (C=O) groups excluding carboxylic acids is 1. The smallest absolute Gasteiger partial charge is 0.264 e. The SMILES string of the molecule is CCC(C)(C(N)=O)c1nsc(NS(=O)(=O)c2cccc(Cl)c2C)n1. The van der Waals surface area contributed by atoms with Gasteiger partial charge in [0.1, 0.15) is 5.41 Å². The lowest BCUT2D eigenvalue weighted by molar-refractivity contribution is -0.123. The Labute approximate surface area is 149 Å². The average molecular weight is 389 g/mol. The molecular formula is C14H17ClN4O3S2. The largest absolute Gasteiger partial charge is 0.369 e. The fourth-order valence-electron chi connectivity index (χ4n) is 1.98. The molecule has 1 unspecified atom stereocenters. The number of carbonyl (C=O) groups is 1. The number of hydrogen-bond acceptors (Lipinski definition) is 6. The van der Waals surface area contributed by atoms with Gasteiger partial charge in [-0.3, -0.25) is 9.52 Å². The van der Waals surface area contributed by atoms with Gasteiger partial charge in [0.05, 0.1) is 4.90 Å². The fourth-order valence-corrected chi connectivity index (χ4v) is 4.39. The molecule has 2 rings (SSSR count). The maximum atomic E-state index is 12.5. The number of hydrogen-bond donors (Lipinski definition) is 2. The van der Waals surface area contributed by atoms with Crippen LogP contribution in [0.4, 0.5) is 5.13 Å². The molecule has 0 saturated carbocycles. The van der Waals surface area contributed by atoms with Crippen molar-refractivity contribution in [1.82, 2.24) is 9.36 Å². The Bertz CT molecular complexity index is 882. The van der Waals surface area contributed by atoms with E-state index in [4.69, 9.17) is 17.3 Å². The van der Waals surface area contributed by atoms with E-state index >= 15 is 0 Å². The Morgan fingerprint density at radius 3 is 2.71 bits per heavy atom. The third-order valence-electron chi connectivity index (χ3n) is 3.90. The minimum Gasteiger partial charge on any atom is -0.369 e. The molecule has 0 fully saturated rings. The van der Waals surface area contributed by atoms with Crippen LogP contribution in [0.2, 0.25) is 5.02 Å². The first-order chi connectivity index (χ1) is 11.1. The number of halogens is 1. The lowest BCUT2D eigenvalue weighted by atomic mass is 9.86. The maximum Gasteiger partial charge on any atom is 0.264 e. The number of amides is 1. The number of nitrogens with zero attached hydrogens (tertiary/aromatic N) is 2. The van der Waals surface area contributed by atoms with Crippen molar-refractivity contribution >= 4 is 44.2 Å². The van der Waals surface area contributed by atoms with Gasteiger partial charge in [0.2, 0.25) is 11.0 Å². The number of primary amides is 1. The van der Waals surface area contributed by atoms with Crippen LogP contribution < -0.4 is 10.5 Å². The normalized spacial score (nSPS) is 14.2. The molecule has 1 aromatic carbocycles. The first-order valence-corrected chi connectivity index (χ1v) is 9.67. The summed E-state index contributed by atoms with van der Waals surface area (Å²) >= 11 is 6.82. The zero-order chi connectivity index (χ0) is 18.1. The quantitative estimate of drug-likeness (QED) is 0.788. The van der Waals surface area contributed by atoms with E-state index in [2.05, 4.69) is 14.1 Å². The molecule has 0 radical (unpaired) electrons. The molecule has 1 heterocycles. The Kier molecular flexibility index (Phi) is 5.17. The van der Waals surface area contributed by atoms with E-state index in [1.165, 1.54) is 6.07 Å². The minimum atomic E-state index is -3.87. The third kappa shape index (κ3) is 3.38. The molecule has 7 nitrogen and oxygen atoms in total. The standard InChI is InChI=1S/C14H17ClN4O3S2/c1-4-14(3,11(16)20)12-17-13(23-18-12)19-24(21,22)10-7-5-6-9(15)8(10)2/h5-7H,4H2,1-3H3,(H2,16,20)(H,17,18,19). The van der Waals surface area contributed by atoms with Crippen molar-refractivity contribution in [2.45, 2.75) is 37.5 Å². The predicted molar refractivity (Wildman–Crippen MR) is 93.7 cm³/mol. The average Bonchev–Trinajstić information content (AvgIpc) is 2.96. The summed E-state index contributed by atoms with van der Waals surface area (Å²) in [4.78, 5) is 15.8. The molecule has 0 aliphatic carbocycles. The van der Waals surface area contributed by atoms with Crippen LogP contribution in [0, 0.1) is 6.92 Å². The summed E-state index contributed by atoms with van der Waals surface area (Å²) in [6.07, 6.45) is 0.401. The lowest BCUT2D eigenvalue weighted by Crippen LogP contribution is -2.38. The van der Waals surface area contributed by atoms with Crippen LogP contribution in [0.5, 0.6) is 0 Å². The summed E-state index contributed by atoms with van der Waals surface area (Å²) in [6.45, 7) is 5.02. The zero-order valence-electron chi connectivity index (χ0n) is 13.3. The van der Waals surface area contributed by atoms with Gasteiger partial charge < -0.3 is 5.73 Å². The highest BCUT2D eigenvalue weighted by atomic mass is 35.5. The van der Waals surface area contributed by atoms with Gasteiger partial charge in [-0.2, -0.15) is 4.37 Å². The van der Waals surface area contributed by atoms with Gasteiger partial charge >= 0.3 is 0 Å². The van der Waals surface area contributed by atoms with Crippen molar-refractivity contribution in [3.63, 3.8) is 0 Å². The number of anilines is 1. The molecule has 24 heavy (non-hydrogen) atoms. The molecule has 0 saturated heterocycles. The Morgan fingerprint density at radius 2 is 2.12 bits per heavy atom. The molecular weight excluding hydrogens is 372 g/mol. The molecule has 0 aliphatic heterocycles. The van der Waals surface area contributed by atoms with Gasteiger partial charge in [-0.1, -0.05) is 24.6 Å². The highest BCUT2D eigenvalue weighted by Crippen LogP contribution is 2.29. The van der Waals surface area contributed by atoms with Gasteiger partial charge in [0, 0.05) is 16.6 Å². The van der Waals surface area contributed by atoms with Crippen molar-refractivity contribution in [3.8, 4) is 0 Å². The van der Waals surface area contributed by atoms with Crippen LogP contribution in [-0.4, -0.2) is 23.7 Å². The Balaban J connectivity index is 2.36. The highest BCUT2D eigenvalue weighted by molar-refractivity contribution is 7.93. The molecule has 0 spiro atoms. The van der Waals surface area contributed by atoms with Gasteiger partial charge in [0.15, 0.2) is 5.82 Å². The monoisotopic (exact) mass is 388 g/mol. The fraction of sp³-hybridized carbons (Fsp3) is 0.357. The van der Waals surface area contributed by atoms with E-state index in [0.29, 0.717) is 17.0 Å². The van der Waals surface area contributed by atoms with E-state index < -0.39 is 21.3 Å². The minimum absolute atomic E-state index is 0.0555. The van der Waals surface area contributed by atoms with Crippen molar-refractivity contribution < 1.29 is 13.2 Å². The summed E-state index contributed by atoms with van der Waals surface area (Å²) in [7, 11) is -3.87. The van der Waals surface area contributed by atoms with Crippen LogP contribution in [0.1, 0.15) is 31.7 Å². The van der Waals surface area contributed by atoms with Crippen LogP contribution in [0.25, 0.3) is 0 Å². The molecule has 1 aromatic heterocycles. The molecule has 0 bridgehead atoms. The summed E-state index contributed by atoms with van der Waals surface area (Å²) in [6, 6.07) is 4.61. The van der Waals surface area contributed by atoms with Crippen molar-refractivity contribution in [3.05, 3.63) is 34.6 Å². The number of benzene rings is 1. The van der Waals surface area contributed by atoms with E-state index in [-0.39, 0.29) is 15.9 Å². The number of rotatable bonds is 6. The first kappa shape index (κ1) is 18.6. The van der Waals surface area contributed by atoms with Gasteiger partial charge in [-0.15, -0.1) is 0 Å². The highest BCUT2D eigenvalue weighted by Gasteiger charge is 2.36. The summed E-state index contributed by atoms with van der Waals surface area (Å²) in [5.41, 5.74) is 4.80. The third-order valence-corrected chi connectivity index (χ3v) is 6.55. The molecule has 10 heteroatoms. The Morgan fingerprint density at radius 1 is 1.46 bits per heavy atom. The van der Waals surface area contributed by atoms with Gasteiger partial charge in [-0.05, 0) is 38.0 Å². The van der Waals surface area contributed by atoms with Gasteiger partial charge in [0.25, 0.3) is 10.0 Å². The van der Waals surface area contributed by atoms with Crippen LogP contribution in [0.15, 0.2) is 23.1 Å². The number of nitrogens with two attached hydrogens (primary N) is 1. The predicted octanol–water partition coefficient (Wildman–Crippen LogP) is 2.45. The molecule has 0 aliphatic rings. The number of aromatic nitrogens is 2. The topological polar surface area (TPSA) is 115 Å². The number of sulfonamides is 1.